The Bertz CT molecular complexity index is 903. The maximum atomic E-state index is 6.11. The molecule has 2 heterocycles. The molecule has 0 bridgehead atoms. The van der Waals surface area contributed by atoms with Crippen LogP contribution in [0.4, 0.5) is 0 Å². The third kappa shape index (κ3) is 5.13. The smallest absolute Gasteiger partial charge is 0.161 e. The van der Waals surface area contributed by atoms with Crippen LogP contribution in [0.25, 0.3) is 0 Å². The summed E-state index contributed by atoms with van der Waals surface area (Å²) in [7, 11) is 0. The molecule has 0 aliphatic carbocycles. The van der Waals surface area contributed by atoms with Crippen LogP contribution in [-0.4, -0.2) is 39.6 Å². The van der Waals surface area contributed by atoms with Crippen LogP contribution in [0.2, 0.25) is 0 Å². The van der Waals surface area contributed by atoms with Crippen molar-refractivity contribution in [1.29, 1.82) is 0 Å². The molecule has 186 valence electrons. The Morgan fingerprint density at radius 2 is 1.06 bits per heavy atom. The highest BCUT2D eigenvalue weighted by molar-refractivity contribution is 5.45. The molecule has 4 rings (SSSR count). The lowest BCUT2D eigenvalue weighted by molar-refractivity contribution is -0.172. The van der Waals surface area contributed by atoms with Crippen LogP contribution >= 0.6 is 0 Å². The zero-order valence-electron chi connectivity index (χ0n) is 21.3. The van der Waals surface area contributed by atoms with Gasteiger partial charge in [0.05, 0.1) is 38.6 Å². The first-order valence-electron chi connectivity index (χ1n) is 12.3. The van der Waals surface area contributed by atoms with Crippen molar-refractivity contribution in [1.82, 2.24) is 0 Å². The number of hydrogen-bond acceptors (Lipinski definition) is 6. The Morgan fingerprint density at radius 3 is 1.35 bits per heavy atom. The average Bonchev–Trinajstić information content (AvgIpc) is 2.78. The van der Waals surface area contributed by atoms with Gasteiger partial charge in [-0.3, -0.25) is 0 Å². The lowest BCUT2D eigenvalue weighted by Gasteiger charge is -2.44. The first kappa shape index (κ1) is 24.7. The van der Waals surface area contributed by atoms with E-state index in [0.717, 1.165) is 35.8 Å². The second-order valence-electron chi connectivity index (χ2n) is 10.3. The van der Waals surface area contributed by atoms with Gasteiger partial charge < -0.3 is 28.4 Å². The van der Waals surface area contributed by atoms with E-state index in [9.17, 15) is 0 Å². The van der Waals surface area contributed by atoms with Gasteiger partial charge >= 0.3 is 0 Å². The fraction of sp³-hybridized carbons (Fsp3) is 0.571. The third-order valence-electron chi connectivity index (χ3n) is 6.40. The van der Waals surface area contributed by atoms with Gasteiger partial charge in [0.15, 0.2) is 23.0 Å². The predicted molar refractivity (Wildman–Crippen MR) is 131 cm³/mol. The molecule has 2 aliphatic heterocycles. The standard InChI is InChI=1S/C28H38O6/c1-7-29-21-11-9-19(25-27(3,4)17-33-25)15-23(21)31-13-14-32-24-16-20(10-12-22(24)30-8-2)26-28(5,6)18-34-26/h9-12,15-16,25-26H,7-8,13-14,17-18H2,1-6H3. The van der Waals surface area contributed by atoms with Gasteiger partial charge in [-0.15, -0.1) is 0 Å². The number of hydrogen-bond donors (Lipinski definition) is 0. The van der Waals surface area contributed by atoms with E-state index in [1.165, 1.54) is 0 Å². The van der Waals surface area contributed by atoms with E-state index in [1.54, 1.807) is 0 Å². The van der Waals surface area contributed by atoms with E-state index >= 15 is 0 Å². The molecule has 0 saturated carbocycles. The molecule has 2 unspecified atom stereocenters. The van der Waals surface area contributed by atoms with Gasteiger partial charge in [0.1, 0.15) is 13.2 Å². The molecular formula is C28H38O6. The second-order valence-corrected chi connectivity index (χ2v) is 10.3. The van der Waals surface area contributed by atoms with Crippen LogP contribution in [0.5, 0.6) is 23.0 Å². The van der Waals surface area contributed by atoms with Crippen molar-refractivity contribution < 1.29 is 28.4 Å². The molecule has 0 amide bonds. The fourth-order valence-electron chi connectivity index (χ4n) is 4.55. The summed E-state index contributed by atoms with van der Waals surface area (Å²) in [6, 6.07) is 12.1. The molecule has 6 heteroatoms. The van der Waals surface area contributed by atoms with Gasteiger partial charge in [0.25, 0.3) is 0 Å². The molecule has 34 heavy (non-hydrogen) atoms. The maximum absolute atomic E-state index is 6.11. The van der Waals surface area contributed by atoms with Gasteiger partial charge in [-0.1, -0.05) is 39.8 Å². The molecule has 2 aliphatic rings. The normalized spacial score (nSPS) is 22.3. The average molecular weight is 471 g/mol. The molecule has 2 aromatic rings. The molecule has 2 aromatic carbocycles. The van der Waals surface area contributed by atoms with E-state index in [2.05, 4.69) is 39.8 Å². The van der Waals surface area contributed by atoms with Crippen LogP contribution in [0.15, 0.2) is 36.4 Å². The summed E-state index contributed by atoms with van der Waals surface area (Å²) in [5.74, 6) is 2.87. The van der Waals surface area contributed by atoms with Gasteiger partial charge in [-0.05, 0) is 49.2 Å². The maximum Gasteiger partial charge on any atom is 0.161 e. The van der Waals surface area contributed by atoms with Crippen LogP contribution in [0.1, 0.15) is 64.9 Å². The van der Waals surface area contributed by atoms with Crippen molar-refractivity contribution >= 4 is 0 Å². The van der Waals surface area contributed by atoms with E-state index in [-0.39, 0.29) is 23.0 Å². The zero-order chi connectivity index (χ0) is 24.3. The van der Waals surface area contributed by atoms with Crippen LogP contribution in [0.3, 0.4) is 0 Å². The summed E-state index contributed by atoms with van der Waals surface area (Å²) < 4.78 is 35.4. The highest BCUT2D eigenvalue weighted by atomic mass is 16.6. The second kappa shape index (κ2) is 10.0. The Morgan fingerprint density at radius 1 is 0.647 bits per heavy atom. The highest BCUT2D eigenvalue weighted by Gasteiger charge is 2.42. The minimum absolute atomic E-state index is 0.0660. The molecule has 6 nitrogen and oxygen atoms in total. The summed E-state index contributed by atoms with van der Waals surface area (Å²) >= 11 is 0. The summed E-state index contributed by atoms with van der Waals surface area (Å²) in [4.78, 5) is 0. The molecule has 2 fully saturated rings. The van der Waals surface area contributed by atoms with E-state index < -0.39 is 0 Å². The minimum Gasteiger partial charge on any atom is -0.490 e. The van der Waals surface area contributed by atoms with Gasteiger partial charge in [0, 0.05) is 10.8 Å². The summed E-state index contributed by atoms with van der Waals surface area (Å²) in [6.07, 6.45) is 0.132. The number of benzene rings is 2. The largest absolute Gasteiger partial charge is 0.490 e. The molecule has 0 N–H and O–H groups in total. The molecular weight excluding hydrogens is 432 g/mol. The summed E-state index contributed by atoms with van der Waals surface area (Å²) in [5, 5.41) is 0. The number of ether oxygens (including phenoxy) is 6. The summed E-state index contributed by atoms with van der Waals surface area (Å²) in [6.45, 7) is 16.2. The zero-order valence-corrected chi connectivity index (χ0v) is 21.3. The Balaban J connectivity index is 1.42. The Hall–Kier alpha value is -2.44. The van der Waals surface area contributed by atoms with Crippen LogP contribution in [0, 0.1) is 10.8 Å². The first-order valence-corrected chi connectivity index (χ1v) is 12.3. The van der Waals surface area contributed by atoms with Crippen LogP contribution < -0.4 is 18.9 Å². The van der Waals surface area contributed by atoms with Crippen molar-refractivity contribution in [3.05, 3.63) is 47.5 Å². The highest BCUT2D eigenvalue weighted by Crippen LogP contribution is 2.48. The molecule has 2 saturated heterocycles. The molecule has 0 radical (unpaired) electrons. The minimum atomic E-state index is 0.0660. The molecule has 2 atom stereocenters. The quantitative estimate of drug-likeness (QED) is 0.368. The van der Waals surface area contributed by atoms with Crippen molar-refractivity contribution in [2.75, 3.05) is 39.6 Å². The lowest BCUT2D eigenvalue weighted by Crippen LogP contribution is -2.40. The van der Waals surface area contributed by atoms with Gasteiger partial charge in [-0.2, -0.15) is 0 Å². The Labute approximate surface area is 203 Å². The van der Waals surface area contributed by atoms with Crippen LogP contribution in [-0.2, 0) is 9.47 Å². The van der Waals surface area contributed by atoms with Gasteiger partial charge in [-0.25, -0.2) is 0 Å². The van der Waals surface area contributed by atoms with Gasteiger partial charge in [0.2, 0.25) is 0 Å². The number of rotatable bonds is 11. The fourth-order valence-corrected chi connectivity index (χ4v) is 4.55. The van der Waals surface area contributed by atoms with E-state index in [4.69, 9.17) is 28.4 Å². The topological polar surface area (TPSA) is 55.4 Å². The van der Waals surface area contributed by atoms with Crippen molar-refractivity contribution in [2.45, 2.75) is 53.8 Å². The lowest BCUT2D eigenvalue weighted by atomic mass is 9.79. The first-order chi connectivity index (χ1) is 16.2. The molecule has 0 spiro atoms. The van der Waals surface area contributed by atoms with Crippen molar-refractivity contribution in [2.24, 2.45) is 10.8 Å². The Kier molecular flexibility index (Phi) is 7.29. The van der Waals surface area contributed by atoms with E-state index in [1.807, 2.05) is 38.1 Å². The third-order valence-corrected chi connectivity index (χ3v) is 6.40. The van der Waals surface area contributed by atoms with Crippen molar-refractivity contribution in [3.63, 3.8) is 0 Å². The van der Waals surface area contributed by atoms with E-state index in [0.29, 0.717) is 37.9 Å². The monoisotopic (exact) mass is 470 g/mol. The predicted octanol–water partition coefficient (Wildman–Crippen LogP) is 6.14. The van der Waals surface area contributed by atoms with Crippen molar-refractivity contribution in [3.8, 4) is 23.0 Å². The molecule has 0 aromatic heterocycles. The summed E-state index contributed by atoms with van der Waals surface area (Å²) in [5.41, 5.74) is 2.44. The SMILES string of the molecule is CCOc1ccc(C2OCC2(C)C)cc1OCCOc1cc(C2OCC2(C)C)ccc1OCC.